The second-order valence-electron chi connectivity index (χ2n) is 4.17. The minimum absolute atomic E-state index is 0.0296. The van der Waals surface area contributed by atoms with Crippen LogP contribution in [0.25, 0.3) is 0 Å². The third-order valence-corrected chi connectivity index (χ3v) is 3.01. The average molecular weight is 220 g/mol. The Labute approximate surface area is 94.7 Å². The number of rotatable bonds is 3. The first-order valence-electron chi connectivity index (χ1n) is 5.41. The van der Waals surface area contributed by atoms with E-state index in [1.54, 1.807) is 4.90 Å². The van der Waals surface area contributed by atoms with E-state index in [1.165, 1.54) is 0 Å². The van der Waals surface area contributed by atoms with E-state index in [1.807, 2.05) is 30.3 Å². The van der Waals surface area contributed by atoms with Gasteiger partial charge >= 0.3 is 0 Å². The van der Waals surface area contributed by atoms with Crippen molar-refractivity contribution in [1.29, 1.82) is 0 Å². The Bertz CT molecular complexity index is 367. The van der Waals surface area contributed by atoms with Crippen LogP contribution in [0.3, 0.4) is 0 Å². The van der Waals surface area contributed by atoms with Crippen molar-refractivity contribution in [1.82, 2.24) is 4.90 Å². The first-order chi connectivity index (χ1) is 7.72. The van der Waals surface area contributed by atoms with Gasteiger partial charge in [0.15, 0.2) is 0 Å². The minimum atomic E-state index is -0.547. The highest BCUT2D eigenvalue weighted by atomic mass is 16.3. The van der Waals surface area contributed by atoms with Crippen LogP contribution in [0.15, 0.2) is 30.3 Å². The fourth-order valence-electron chi connectivity index (χ4n) is 2.02. The van der Waals surface area contributed by atoms with Crippen LogP contribution < -0.4 is 5.73 Å². The summed E-state index contributed by atoms with van der Waals surface area (Å²) in [4.78, 5) is 13.5. The zero-order chi connectivity index (χ0) is 11.5. The van der Waals surface area contributed by atoms with E-state index in [0.717, 1.165) is 5.56 Å². The van der Waals surface area contributed by atoms with Gasteiger partial charge in [-0.1, -0.05) is 30.3 Å². The quantitative estimate of drug-likeness (QED) is 0.751. The Kier molecular flexibility index (Phi) is 3.22. The number of aliphatic hydroxyl groups excluding tert-OH is 1. The Hall–Kier alpha value is -1.39. The molecule has 4 nitrogen and oxygen atoms in total. The van der Waals surface area contributed by atoms with Crippen molar-refractivity contribution in [3.63, 3.8) is 0 Å². The Morgan fingerprint density at radius 3 is 2.62 bits per heavy atom. The standard InChI is InChI=1S/C12H16N2O2/c13-11-10(8-15)7-14(12(11)16)6-9-4-2-1-3-5-9/h1-5,10-11,15H,6-8,13H2/t10-,11+/m1/s1. The Morgan fingerprint density at radius 2 is 2.06 bits per heavy atom. The van der Waals surface area contributed by atoms with Crippen LogP contribution in [0.5, 0.6) is 0 Å². The van der Waals surface area contributed by atoms with Crippen LogP contribution in [0.4, 0.5) is 0 Å². The molecule has 0 spiro atoms. The minimum Gasteiger partial charge on any atom is -0.396 e. The van der Waals surface area contributed by atoms with Crippen molar-refractivity contribution in [3.05, 3.63) is 35.9 Å². The predicted octanol–water partition coefficient (Wildman–Crippen LogP) is -0.0354. The summed E-state index contributed by atoms with van der Waals surface area (Å²) in [5.74, 6) is -0.195. The predicted molar refractivity (Wildman–Crippen MR) is 60.4 cm³/mol. The van der Waals surface area contributed by atoms with Crippen molar-refractivity contribution >= 4 is 5.91 Å². The first kappa shape index (κ1) is 11.1. The number of hydrogen-bond acceptors (Lipinski definition) is 3. The van der Waals surface area contributed by atoms with E-state index in [0.29, 0.717) is 13.1 Å². The summed E-state index contributed by atoms with van der Waals surface area (Å²) in [6.07, 6.45) is 0. The number of hydrogen-bond donors (Lipinski definition) is 2. The van der Waals surface area contributed by atoms with Crippen molar-refractivity contribution in [2.75, 3.05) is 13.2 Å². The van der Waals surface area contributed by atoms with Crippen LogP contribution in [-0.2, 0) is 11.3 Å². The Balaban J connectivity index is 2.04. The monoisotopic (exact) mass is 220 g/mol. The van der Waals surface area contributed by atoms with E-state index in [4.69, 9.17) is 10.8 Å². The lowest BCUT2D eigenvalue weighted by molar-refractivity contribution is -0.129. The molecule has 3 N–H and O–H groups in total. The van der Waals surface area contributed by atoms with Crippen molar-refractivity contribution < 1.29 is 9.90 Å². The van der Waals surface area contributed by atoms with Gasteiger partial charge in [0, 0.05) is 25.6 Å². The molecule has 86 valence electrons. The Morgan fingerprint density at radius 1 is 1.38 bits per heavy atom. The molecule has 0 saturated carbocycles. The molecule has 0 unspecified atom stereocenters. The molecule has 2 atom stereocenters. The number of aliphatic hydroxyl groups is 1. The highest BCUT2D eigenvalue weighted by molar-refractivity contribution is 5.84. The molecule has 1 saturated heterocycles. The summed E-state index contributed by atoms with van der Waals surface area (Å²) in [5.41, 5.74) is 6.81. The molecule has 1 heterocycles. The number of nitrogens with zero attached hydrogens (tertiary/aromatic N) is 1. The second kappa shape index (κ2) is 4.63. The lowest BCUT2D eigenvalue weighted by Crippen LogP contribution is -2.36. The number of nitrogens with two attached hydrogens (primary N) is 1. The molecular weight excluding hydrogens is 204 g/mol. The summed E-state index contributed by atoms with van der Waals surface area (Å²) in [7, 11) is 0. The fourth-order valence-corrected chi connectivity index (χ4v) is 2.02. The van der Waals surface area contributed by atoms with Crippen LogP contribution in [0.2, 0.25) is 0 Å². The third-order valence-electron chi connectivity index (χ3n) is 3.01. The largest absolute Gasteiger partial charge is 0.396 e. The molecule has 0 radical (unpaired) electrons. The maximum absolute atomic E-state index is 11.8. The molecule has 16 heavy (non-hydrogen) atoms. The van der Waals surface area contributed by atoms with E-state index < -0.39 is 6.04 Å². The van der Waals surface area contributed by atoms with Gasteiger partial charge in [0.05, 0.1) is 6.04 Å². The summed E-state index contributed by atoms with van der Waals surface area (Å²) in [6, 6.07) is 9.24. The lowest BCUT2D eigenvalue weighted by atomic mass is 10.1. The number of benzene rings is 1. The number of amides is 1. The molecule has 0 aromatic heterocycles. The molecule has 1 aliphatic rings. The van der Waals surface area contributed by atoms with Crippen LogP contribution in [0, 0.1) is 5.92 Å². The van der Waals surface area contributed by atoms with Gasteiger partial charge in [-0.25, -0.2) is 0 Å². The summed E-state index contributed by atoms with van der Waals surface area (Å²) in [5, 5.41) is 9.08. The topological polar surface area (TPSA) is 66.6 Å². The molecule has 1 aliphatic heterocycles. The molecule has 1 aromatic rings. The van der Waals surface area contributed by atoms with Crippen LogP contribution >= 0.6 is 0 Å². The van der Waals surface area contributed by atoms with Gasteiger partial charge < -0.3 is 15.7 Å². The molecule has 4 heteroatoms. The highest BCUT2D eigenvalue weighted by Gasteiger charge is 2.36. The summed E-state index contributed by atoms with van der Waals surface area (Å²) in [6.45, 7) is 1.09. The molecule has 1 aromatic carbocycles. The van der Waals surface area contributed by atoms with Gasteiger partial charge in [-0.15, -0.1) is 0 Å². The van der Waals surface area contributed by atoms with Crippen LogP contribution in [-0.4, -0.2) is 35.1 Å². The van der Waals surface area contributed by atoms with Gasteiger partial charge in [-0.05, 0) is 5.56 Å². The zero-order valence-corrected chi connectivity index (χ0v) is 9.04. The van der Waals surface area contributed by atoms with Crippen molar-refractivity contribution in [3.8, 4) is 0 Å². The van der Waals surface area contributed by atoms with Crippen molar-refractivity contribution in [2.24, 2.45) is 11.7 Å². The van der Waals surface area contributed by atoms with Gasteiger partial charge in [0.25, 0.3) is 0 Å². The molecular formula is C12H16N2O2. The van der Waals surface area contributed by atoms with Gasteiger partial charge in [-0.2, -0.15) is 0 Å². The maximum atomic E-state index is 11.8. The van der Waals surface area contributed by atoms with E-state index in [2.05, 4.69) is 0 Å². The molecule has 1 amide bonds. The third kappa shape index (κ3) is 2.08. The maximum Gasteiger partial charge on any atom is 0.240 e. The van der Waals surface area contributed by atoms with Gasteiger partial charge in [-0.3, -0.25) is 4.79 Å². The average Bonchev–Trinajstić information content (AvgIpc) is 2.58. The normalized spacial score (nSPS) is 25.1. The van der Waals surface area contributed by atoms with Gasteiger partial charge in [0.1, 0.15) is 0 Å². The molecule has 2 rings (SSSR count). The van der Waals surface area contributed by atoms with Gasteiger partial charge in [0.2, 0.25) is 5.91 Å². The highest BCUT2D eigenvalue weighted by Crippen LogP contribution is 2.18. The summed E-state index contributed by atoms with van der Waals surface area (Å²) >= 11 is 0. The SMILES string of the molecule is N[C@@H]1C(=O)N(Cc2ccccc2)C[C@@H]1CO. The molecule has 0 bridgehead atoms. The molecule has 1 fully saturated rings. The first-order valence-corrected chi connectivity index (χ1v) is 5.41. The number of likely N-dealkylation sites (tertiary alicyclic amines) is 1. The van der Waals surface area contributed by atoms with E-state index in [9.17, 15) is 4.79 Å². The lowest BCUT2D eigenvalue weighted by Gasteiger charge is -2.15. The smallest absolute Gasteiger partial charge is 0.240 e. The number of carbonyl (C=O) groups is 1. The van der Waals surface area contributed by atoms with Crippen LogP contribution in [0.1, 0.15) is 5.56 Å². The van der Waals surface area contributed by atoms with Crippen molar-refractivity contribution in [2.45, 2.75) is 12.6 Å². The zero-order valence-electron chi connectivity index (χ0n) is 9.04. The van der Waals surface area contributed by atoms with E-state index >= 15 is 0 Å². The fraction of sp³-hybridized carbons (Fsp3) is 0.417. The second-order valence-corrected chi connectivity index (χ2v) is 4.17. The summed E-state index contributed by atoms with van der Waals surface area (Å²) < 4.78 is 0. The number of carbonyl (C=O) groups excluding carboxylic acids is 1. The van der Waals surface area contributed by atoms with E-state index in [-0.39, 0.29) is 18.4 Å². The molecule has 0 aliphatic carbocycles.